The second-order valence-electron chi connectivity index (χ2n) is 7.50. The number of aryl methyl sites for hydroxylation is 1. The zero-order valence-corrected chi connectivity index (χ0v) is 16.7. The summed E-state index contributed by atoms with van der Waals surface area (Å²) in [6.07, 6.45) is 1.79. The first-order valence-corrected chi connectivity index (χ1v) is 10.0. The van der Waals surface area contributed by atoms with E-state index in [9.17, 15) is 9.90 Å². The van der Waals surface area contributed by atoms with Crippen molar-refractivity contribution in [1.82, 2.24) is 14.5 Å². The van der Waals surface area contributed by atoms with Crippen molar-refractivity contribution in [2.75, 3.05) is 31.2 Å². The molecule has 152 valence electrons. The van der Waals surface area contributed by atoms with Crippen LogP contribution in [-0.4, -0.2) is 51.9 Å². The molecule has 1 fully saturated rings. The summed E-state index contributed by atoms with van der Waals surface area (Å²) in [5.74, 6) is -0.179. The second kappa shape index (κ2) is 7.42. The molecule has 1 aliphatic heterocycles. The molecule has 1 saturated heterocycles. The van der Waals surface area contributed by atoms with Crippen molar-refractivity contribution in [3.63, 3.8) is 0 Å². The average Bonchev–Trinajstić information content (AvgIpc) is 3.09. The Hall–Kier alpha value is -3.45. The van der Waals surface area contributed by atoms with E-state index in [1.807, 2.05) is 25.1 Å². The summed E-state index contributed by atoms with van der Waals surface area (Å²) in [5, 5.41) is 10.9. The van der Waals surface area contributed by atoms with Crippen molar-refractivity contribution in [3.05, 3.63) is 65.6 Å². The van der Waals surface area contributed by atoms with Gasteiger partial charge in [0.1, 0.15) is 11.3 Å². The molecule has 0 unspecified atom stereocenters. The third-order valence-corrected chi connectivity index (χ3v) is 5.70. The molecular formula is C23H22N4O3. The van der Waals surface area contributed by atoms with Gasteiger partial charge in [-0.15, -0.1) is 0 Å². The maximum atomic E-state index is 12.0. The van der Waals surface area contributed by atoms with Gasteiger partial charge in [0, 0.05) is 36.9 Å². The Bertz CT molecular complexity index is 1250. The fourth-order valence-electron chi connectivity index (χ4n) is 4.17. The third-order valence-electron chi connectivity index (χ3n) is 5.70. The van der Waals surface area contributed by atoms with Gasteiger partial charge in [-0.3, -0.25) is 4.98 Å². The quantitative estimate of drug-likeness (QED) is 0.563. The number of anilines is 1. The number of ether oxygens (including phenoxy) is 1. The van der Waals surface area contributed by atoms with Gasteiger partial charge in [-0.1, -0.05) is 18.2 Å². The lowest BCUT2D eigenvalue weighted by molar-refractivity contribution is 0.0699. The van der Waals surface area contributed by atoms with E-state index in [0.717, 1.165) is 46.6 Å². The molecule has 0 radical (unpaired) electrons. The van der Waals surface area contributed by atoms with E-state index in [1.54, 1.807) is 12.3 Å². The Morgan fingerprint density at radius 1 is 1.17 bits per heavy atom. The van der Waals surface area contributed by atoms with E-state index in [-0.39, 0.29) is 5.56 Å². The van der Waals surface area contributed by atoms with Crippen LogP contribution in [0.4, 0.5) is 5.69 Å². The van der Waals surface area contributed by atoms with E-state index in [4.69, 9.17) is 4.74 Å². The number of hydrogen-bond donors (Lipinski definition) is 1. The SMILES string of the molecule is Cc1nc2c(C(=O)O)cc(N3CCOCC3)cc2n1Cc1cccc2ncccc12. The van der Waals surface area contributed by atoms with Gasteiger partial charge in [-0.05, 0) is 36.8 Å². The van der Waals surface area contributed by atoms with Gasteiger partial charge < -0.3 is 19.3 Å². The highest BCUT2D eigenvalue weighted by Gasteiger charge is 2.21. The first-order valence-electron chi connectivity index (χ1n) is 10.0. The molecule has 0 spiro atoms. The molecule has 0 aliphatic carbocycles. The minimum absolute atomic E-state index is 0.232. The van der Waals surface area contributed by atoms with Crippen molar-refractivity contribution in [3.8, 4) is 0 Å². The molecule has 1 aliphatic rings. The number of aromatic nitrogens is 3. The number of nitrogens with zero attached hydrogens (tertiary/aromatic N) is 4. The zero-order valence-electron chi connectivity index (χ0n) is 16.7. The van der Waals surface area contributed by atoms with Crippen LogP contribution >= 0.6 is 0 Å². The molecule has 4 aromatic rings. The number of hydrogen-bond acceptors (Lipinski definition) is 5. The molecule has 0 atom stereocenters. The number of benzene rings is 2. The smallest absolute Gasteiger partial charge is 0.338 e. The molecule has 0 amide bonds. The summed E-state index contributed by atoms with van der Waals surface area (Å²) in [6, 6.07) is 13.9. The summed E-state index contributed by atoms with van der Waals surface area (Å²) < 4.78 is 7.54. The van der Waals surface area contributed by atoms with Gasteiger partial charge in [0.2, 0.25) is 0 Å². The van der Waals surface area contributed by atoms with Crippen LogP contribution in [0.1, 0.15) is 21.7 Å². The first kappa shape index (κ1) is 18.6. The summed E-state index contributed by atoms with van der Waals surface area (Å²) in [6.45, 7) is 5.28. The Morgan fingerprint density at radius 3 is 2.80 bits per heavy atom. The molecule has 2 aromatic carbocycles. The highest BCUT2D eigenvalue weighted by Crippen LogP contribution is 2.29. The normalized spacial score (nSPS) is 14.5. The van der Waals surface area contributed by atoms with Crippen LogP contribution in [0.5, 0.6) is 0 Å². The van der Waals surface area contributed by atoms with Crippen molar-refractivity contribution in [2.45, 2.75) is 13.5 Å². The van der Waals surface area contributed by atoms with Gasteiger partial charge in [0.25, 0.3) is 0 Å². The van der Waals surface area contributed by atoms with Crippen molar-refractivity contribution in [2.24, 2.45) is 0 Å². The summed E-state index contributed by atoms with van der Waals surface area (Å²) >= 11 is 0. The zero-order chi connectivity index (χ0) is 20.7. The topological polar surface area (TPSA) is 80.5 Å². The molecule has 1 N–H and O–H groups in total. The van der Waals surface area contributed by atoms with Gasteiger partial charge in [-0.25, -0.2) is 9.78 Å². The molecular weight excluding hydrogens is 380 g/mol. The molecule has 7 nitrogen and oxygen atoms in total. The molecule has 0 bridgehead atoms. The lowest BCUT2D eigenvalue weighted by Gasteiger charge is -2.29. The Balaban J connectivity index is 1.67. The van der Waals surface area contributed by atoms with Crippen LogP contribution < -0.4 is 4.90 Å². The van der Waals surface area contributed by atoms with Gasteiger partial charge in [0.05, 0.1) is 29.8 Å². The van der Waals surface area contributed by atoms with E-state index in [2.05, 4.69) is 37.6 Å². The average molecular weight is 402 g/mol. The maximum absolute atomic E-state index is 12.0. The van der Waals surface area contributed by atoms with Crippen LogP contribution in [0.25, 0.3) is 21.9 Å². The van der Waals surface area contributed by atoms with Crippen LogP contribution in [0, 0.1) is 6.92 Å². The van der Waals surface area contributed by atoms with Gasteiger partial charge in [0.15, 0.2) is 0 Å². The number of morpholine rings is 1. The lowest BCUT2D eigenvalue weighted by atomic mass is 10.1. The fourth-order valence-corrected chi connectivity index (χ4v) is 4.17. The minimum Gasteiger partial charge on any atom is -0.478 e. The number of imidazole rings is 1. The van der Waals surface area contributed by atoms with Crippen LogP contribution in [0.15, 0.2) is 48.7 Å². The van der Waals surface area contributed by atoms with Crippen LogP contribution in [0.3, 0.4) is 0 Å². The van der Waals surface area contributed by atoms with Crippen LogP contribution in [0.2, 0.25) is 0 Å². The fraction of sp³-hybridized carbons (Fsp3) is 0.261. The molecule has 2 aromatic heterocycles. The number of carboxylic acid groups (broad SMARTS) is 1. The highest BCUT2D eigenvalue weighted by molar-refractivity contribution is 6.03. The third kappa shape index (κ3) is 3.17. The minimum atomic E-state index is -0.964. The molecule has 3 heterocycles. The standard InChI is InChI=1S/C23H22N4O3/c1-15-25-22-19(23(28)29)12-17(26-8-10-30-11-9-26)13-21(22)27(15)14-16-4-2-6-20-18(16)5-3-7-24-20/h2-7,12-13H,8-11,14H2,1H3,(H,28,29). The number of carbonyl (C=O) groups is 1. The first-order chi connectivity index (χ1) is 14.6. The van der Waals surface area contributed by atoms with E-state index in [1.165, 1.54) is 0 Å². The predicted octanol–water partition coefficient (Wildman–Crippen LogP) is 3.48. The van der Waals surface area contributed by atoms with Crippen molar-refractivity contribution >= 4 is 33.6 Å². The van der Waals surface area contributed by atoms with E-state index >= 15 is 0 Å². The monoisotopic (exact) mass is 402 g/mol. The maximum Gasteiger partial charge on any atom is 0.338 e. The lowest BCUT2D eigenvalue weighted by Crippen LogP contribution is -2.36. The second-order valence-corrected chi connectivity index (χ2v) is 7.50. The molecule has 0 saturated carbocycles. The van der Waals surface area contributed by atoms with Gasteiger partial charge in [-0.2, -0.15) is 0 Å². The Morgan fingerprint density at radius 2 is 2.00 bits per heavy atom. The Labute approximate surface area is 173 Å². The summed E-state index contributed by atoms with van der Waals surface area (Å²) in [5.41, 5.74) is 4.54. The largest absolute Gasteiger partial charge is 0.478 e. The van der Waals surface area contributed by atoms with Crippen molar-refractivity contribution < 1.29 is 14.6 Å². The number of rotatable bonds is 4. The number of carboxylic acids is 1. The number of pyridine rings is 1. The van der Waals surface area contributed by atoms with Crippen LogP contribution in [-0.2, 0) is 11.3 Å². The molecule has 30 heavy (non-hydrogen) atoms. The highest BCUT2D eigenvalue weighted by atomic mass is 16.5. The molecule has 7 heteroatoms. The van der Waals surface area contributed by atoms with Crippen molar-refractivity contribution in [1.29, 1.82) is 0 Å². The molecule has 5 rings (SSSR count). The summed E-state index contributed by atoms with van der Waals surface area (Å²) in [7, 11) is 0. The van der Waals surface area contributed by atoms with Gasteiger partial charge >= 0.3 is 5.97 Å². The van der Waals surface area contributed by atoms with E-state index in [0.29, 0.717) is 25.3 Å². The Kier molecular flexibility index (Phi) is 4.59. The number of aromatic carboxylic acids is 1. The predicted molar refractivity (Wildman–Crippen MR) is 115 cm³/mol. The van der Waals surface area contributed by atoms with E-state index < -0.39 is 5.97 Å². The number of fused-ring (bicyclic) bond motifs is 2. The summed E-state index contributed by atoms with van der Waals surface area (Å²) in [4.78, 5) is 23.2.